The summed E-state index contributed by atoms with van der Waals surface area (Å²) in [5, 5.41) is 0. The second-order valence-corrected chi connectivity index (χ2v) is 15.1. The van der Waals surface area contributed by atoms with E-state index in [4.69, 9.17) is 9.47 Å². The van der Waals surface area contributed by atoms with Gasteiger partial charge in [0.05, 0.1) is 12.7 Å². The first kappa shape index (κ1) is 46.9. The number of piperazine rings is 1. The lowest BCUT2D eigenvalue weighted by Crippen LogP contribution is -2.50. The molecule has 1 aliphatic rings. The number of hydrogen-bond donors (Lipinski definition) is 0. The highest BCUT2D eigenvalue weighted by molar-refractivity contribution is 5.29. The monoisotopic (exact) mass is 735 g/mol. The van der Waals surface area contributed by atoms with Crippen LogP contribution < -0.4 is 4.90 Å². The summed E-state index contributed by atoms with van der Waals surface area (Å²) in [5.74, 6) is 0.842. The molecule has 0 aliphatic carbocycles. The molecular weight excluding hydrogens is 653 g/mol. The van der Waals surface area contributed by atoms with Gasteiger partial charge in [-0.25, -0.2) is 9.97 Å². The lowest BCUT2D eigenvalue weighted by Gasteiger charge is -2.36. The standard InChI is InChI=1S/C47H82N4O2/c1-3-5-7-9-11-13-15-17-19-21-23-25-27-29-31-33-42-52-45-46(44-50-38-40-51(41-39-50)47-48-36-35-37-49-47)53-43-34-32-30-28-26-24-22-20-18-16-14-12-10-8-6-4-2/h11-14,17-20,35-37,46H,3-10,15-16,21-34,38-45H2,1-2H3/b13-11-,14-12-,19-17-,20-18-. The summed E-state index contributed by atoms with van der Waals surface area (Å²) in [6.45, 7) is 11.8. The van der Waals surface area contributed by atoms with Crippen LogP contribution >= 0.6 is 0 Å². The number of unbranched alkanes of at least 4 members (excludes halogenated alkanes) is 18. The third-order valence-electron chi connectivity index (χ3n) is 10.2. The summed E-state index contributed by atoms with van der Waals surface area (Å²) >= 11 is 0. The van der Waals surface area contributed by atoms with Crippen molar-refractivity contribution in [3.63, 3.8) is 0 Å². The van der Waals surface area contributed by atoms with Crippen molar-refractivity contribution in [2.45, 2.75) is 174 Å². The van der Waals surface area contributed by atoms with E-state index in [1.807, 2.05) is 18.5 Å². The first-order chi connectivity index (χ1) is 26.3. The van der Waals surface area contributed by atoms with Gasteiger partial charge in [-0.05, 0) is 83.1 Å². The second kappa shape index (κ2) is 36.7. The van der Waals surface area contributed by atoms with Gasteiger partial charge in [-0.2, -0.15) is 0 Å². The molecule has 0 saturated carbocycles. The van der Waals surface area contributed by atoms with Crippen molar-refractivity contribution in [3.05, 3.63) is 67.1 Å². The van der Waals surface area contributed by atoms with Gasteiger partial charge in [0.1, 0.15) is 0 Å². The molecule has 1 unspecified atom stereocenters. The molecule has 1 fully saturated rings. The second-order valence-electron chi connectivity index (χ2n) is 15.1. The zero-order valence-electron chi connectivity index (χ0n) is 34.7. The Hall–Kier alpha value is -2.28. The van der Waals surface area contributed by atoms with E-state index < -0.39 is 0 Å². The van der Waals surface area contributed by atoms with Gasteiger partial charge in [0.15, 0.2) is 0 Å². The first-order valence-electron chi connectivity index (χ1n) is 22.4. The summed E-state index contributed by atoms with van der Waals surface area (Å²) in [6, 6.07) is 1.88. The molecule has 1 aromatic heterocycles. The van der Waals surface area contributed by atoms with Gasteiger partial charge >= 0.3 is 0 Å². The third kappa shape index (κ3) is 28.8. The van der Waals surface area contributed by atoms with Crippen molar-refractivity contribution in [2.24, 2.45) is 0 Å². The Morgan fingerprint density at radius 1 is 0.547 bits per heavy atom. The Morgan fingerprint density at radius 3 is 1.51 bits per heavy atom. The average Bonchev–Trinajstić information content (AvgIpc) is 3.19. The minimum Gasteiger partial charge on any atom is -0.379 e. The maximum atomic E-state index is 6.48. The van der Waals surface area contributed by atoms with E-state index in [0.717, 1.165) is 77.6 Å². The van der Waals surface area contributed by atoms with E-state index in [1.165, 1.54) is 128 Å². The van der Waals surface area contributed by atoms with Crippen LogP contribution in [0.15, 0.2) is 67.1 Å². The quantitative estimate of drug-likeness (QED) is 0.0505. The molecule has 0 radical (unpaired) electrons. The van der Waals surface area contributed by atoms with Gasteiger partial charge in [-0.15, -0.1) is 0 Å². The Bertz CT molecular complexity index is 1020. The van der Waals surface area contributed by atoms with Crippen LogP contribution in [0.1, 0.15) is 168 Å². The zero-order chi connectivity index (χ0) is 37.5. The highest BCUT2D eigenvalue weighted by Crippen LogP contribution is 2.13. The predicted molar refractivity (Wildman–Crippen MR) is 230 cm³/mol. The van der Waals surface area contributed by atoms with Gasteiger partial charge in [-0.1, -0.05) is 140 Å². The summed E-state index contributed by atoms with van der Waals surface area (Å²) in [7, 11) is 0. The van der Waals surface area contributed by atoms with E-state index in [9.17, 15) is 0 Å². The highest BCUT2D eigenvalue weighted by Gasteiger charge is 2.22. The molecule has 0 amide bonds. The van der Waals surface area contributed by atoms with Crippen LogP contribution in [0.4, 0.5) is 5.95 Å². The minimum absolute atomic E-state index is 0.136. The van der Waals surface area contributed by atoms with Crippen LogP contribution in [0.3, 0.4) is 0 Å². The summed E-state index contributed by atoms with van der Waals surface area (Å²) in [6.07, 6.45) is 53.1. The number of allylic oxidation sites excluding steroid dienone is 8. The molecule has 0 N–H and O–H groups in total. The molecule has 6 heteroatoms. The topological polar surface area (TPSA) is 50.7 Å². The Labute approximate surface area is 328 Å². The smallest absolute Gasteiger partial charge is 0.225 e. The van der Waals surface area contributed by atoms with Gasteiger partial charge in [0.25, 0.3) is 0 Å². The number of rotatable bonds is 36. The predicted octanol–water partition coefficient (Wildman–Crippen LogP) is 12.6. The number of ether oxygens (including phenoxy) is 2. The molecule has 0 bridgehead atoms. The van der Waals surface area contributed by atoms with E-state index in [1.54, 1.807) is 0 Å². The normalized spacial score (nSPS) is 14.9. The summed E-state index contributed by atoms with van der Waals surface area (Å²) in [5.41, 5.74) is 0. The van der Waals surface area contributed by atoms with Crippen LogP contribution in [-0.2, 0) is 9.47 Å². The fourth-order valence-corrected chi connectivity index (χ4v) is 6.77. The van der Waals surface area contributed by atoms with Crippen molar-refractivity contribution in [1.29, 1.82) is 0 Å². The van der Waals surface area contributed by atoms with Crippen LogP contribution in [0.2, 0.25) is 0 Å². The van der Waals surface area contributed by atoms with E-state index in [0.29, 0.717) is 6.61 Å². The van der Waals surface area contributed by atoms with E-state index >= 15 is 0 Å². The first-order valence-corrected chi connectivity index (χ1v) is 22.4. The van der Waals surface area contributed by atoms with Crippen LogP contribution in [0.25, 0.3) is 0 Å². The fraction of sp³-hybridized carbons (Fsp3) is 0.745. The van der Waals surface area contributed by atoms with Crippen molar-refractivity contribution < 1.29 is 9.47 Å². The van der Waals surface area contributed by atoms with Crippen molar-refractivity contribution in [2.75, 3.05) is 57.4 Å². The fourth-order valence-electron chi connectivity index (χ4n) is 6.77. The lowest BCUT2D eigenvalue weighted by molar-refractivity contribution is -0.0349. The average molecular weight is 735 g/mol. The number of anilines is 1. The van der Waals surface area contributed by atoms with Gasteiger partial charge in [0, 0.05) is 58.3 Å². The van der Waals surface area contributed by atoms with Crippen molar-refractivity contribution in [1.82, 2.24) is 14.9 Å². The third-order valence-corrected chi connectivity index (χ3v) is 10.2. The molecule has 0 spiro atoms. The molecule has 53 heavy (non-hydrogen) atoms. The maximum absolute atomic E-state index is 6.48. The number of hydrogen-bond acceptors (Lipinski definition) is 6. The molecule has 2 rings (SSSR count). The lowest BCUT2D eigenvalue weighted by atomic mass is 10.1. The van der Waals surface area contributed by atoms with Crippen molar-refractivity contribution in [3.8, 4) is 0 Å². The minimum atomic E-state index is 0.136. The van der Waals surface area contributed by atoms with Crippen molar-refractivity contribution >= 4 is 5.95 Å². The van der Waals surface area contributed by atoms with E-state index in [2.05, 4.69) is 82.2 Å². The maximum Gasteiger partial charge on any atom is 0.225 e. The largest absolute Gasteiger partial charge is 0.379 e. The Morgan fingerprint density at radius 2 is 1.00 bits per heavy atom. The van der Waals surface area contributed by atoms with Gasteiger partial charge in [0.2, 0.25) is 5.95 Å². The molecule has 1 aliphatic heterocycles. The summed E-state index contributed by atoms with van der Waals surface area (Å²) in [4.78, 5) is 13.7. The van der Waals surface area contributed by atoms with E-state index in [-0.39, 0.29) is 6.10 Å². The highest BCUT2D eigenvalue weighted by atomic mass is 16.5. The summed E-state index contributed by atoms with van der Waals surface area (Å²) < 4.78 is 12.7. The Kier molecular flexibility index (Phi) is 32.4. The molecular formula is C47H82N4O2. The molecule has 0 aromatic carbocycles. The molecule has 6 nitrogen and oxygen atoms in total. The molecule has 1 atom stereocenters. The molecule has 2 heterocycles. The van der Waals surface area contributed by atoms with Crippen LogP contribution in [0, 0.1) is 0 Å². The van der Waals surface area contributed by atoms with Crippen LogP contribution in [0.5, 0.6) is 0 Å². The number of aromatic nitrogens is 2. The van der Waals surface area contributed by atoms with Crippen LogP contribution in [-0.4, -0.2) is 73.5 Å². The van der Waals surface area contributed by atoms with Gasteiger partial charge < -0.3 is 14.4 Å². The zero-order valence-corrected chi connectivity index (χ0v) is 34.7. The molecule has 1 aromatic rings. The Balaban J connectivity index is 1.54. The SMILES string of the molecule is CCCCC/C=C\C/C=C\CCCCCCCCOCC(CN1CCN(c2ncccn2)CC1)OCCCCCCCC/C=C\C/C=C\CCCCC. The van der Waals surface area contributed by atoms with Gasteiger partial charge in [-0.3, -0.25) is 4.90 Å². The molecule has 302 valence electrons. The number of nitrogens with zero attached hydrogens (tertiary/aromatic N) is 4. The molecule has 1 saturated heterocycles.